The Balaban J connectivity index is 2.47. The number of hydrogen-bond donors (Lipinski definition) is 0. The number of sulfonamides is 1. The number of hydrogen-bond acceptors (Lipinski definition) is 4. The summed E-state index contributed by atoms with van der Waals surface area (Å²) in [5.41, 5.74) is 0.928. The fourth-order valence-corrected chi connectivity index (χ4v) is 3.47. The Labute approximate surface area is 118 Å². The Morgan fingerprint density at radius 3 is 2.30 bits per heavy atom. The minimum atomic E-state index is -3.97. The lowest BCUT2D eigenvalue weighted by molar-refractivity contribution is 0.152. The van der Waals surface area contributed by atoms with Crippen molar-refractivity contribution >= 4 is 16.1 Å². The lowest BCUT2D eigenvalue weighted by atomic mass is 10.2. The van der Waals surface area contributed by atoms with Gasteiger partial charge in [0.05, 0.1) is 4.90 Å². The monoisotopic (exact) mass is 293 g/mol. The zero-order valence-electron chi connectivity index (χ0n) is 11.0. The van der Waals surface area contributed by atoms with E-state index in [1.54, 1.807) is 12.1 Å². The topological polar surface area (TPSA) is 63.7 Å². The summed E-state index contributed by atoms with van der Waals surface area (Å²) in [6.07, 6.45) is 1.11. The van der Waals surface area contributed by atoms with Crippen LogP contribution in [0.15, 0.2) is 54.5 Å². The first kappa shape index (κ1) is 14.3. The van der Waals surface area contributed by atoms with E-state index >= 15 is 0 Å². The number of carbonyl (C=O) groups excluding carboxylic acids is 1. The van der Waals surface area contributed by atoms with Crippen LogP contribution in [0.5, 0.6) is 0 Å². The molecule has 0 radical (unpaired) electrons. The summed E-state index contributed by atoms with van der Waals surface area (Å²) < 4.78 is 30.7. The normalized spacial score (nSPS) is 22.4. The van der Waals surface area contributed by atoms with E-state index in [9.17, 15) is 13.2 Å². The number of cyclic esters (lactones) is 1. The molecule has 0 aliphatic carbocycles. The second-order valence-corrected chi connectivity index (χ2v) is 6.24. The van der Waals surface area contributed by atoms with Crippen molar-refractivity contribution < 1.29 is 17.9 Å². The average molecular weight is 293 g/mol. The van der Waals surface area contributed by atoms with Gasteiger partial charge in [-0.25, -0.2) is 13.2 Å². The molecule has 1 heterocycles. The molecule has 1 fully saturated rings. The highest BCUT2D eigenvalue weighted by Gasteiger charge is 2.46. The van der Waals surface area contributed by atoms with E-state index in [0.29, 0.717) is 4.31 Å². The van der Waals surface area contributed by atoms with Crippen molar-refractivity contribution in [3.63, 3.8) is 0 Å². The van der Waals surface area contributed by atoms with Crippen LogP contribution in [0.1, 0.15) is 5.56 Å². The predicted octanol–water partition coefficient (Wildman–Crippen LogP) is 2.25. The summed E-state index contributed by atoms with van der Waals surface area (Å²) >= 11 is 0. The third-order valence-electron chi connectivity index (χ3n) is 3.08. The first-order valence-corrected chi connectivity index (χ1v) is 7.42. The van der Waals surface area contributed by atoms with Gasteiger partial charge in [0.2, 0.25) is 0 Å². The smallest absolute Gasteiger partial charge is 0.425 e. The van der Waals surface area contributed by atoms with Gasteiger partial charge < -0.3 is 4.74 Å². The van der Waals surface area contributed by atoms with Gasteiger partial charge in [0.1, 0.15) is 12.1 Å². The van der Waals surface area contributed by atoms with Crippen LogP contribution in [0.2, 0.25) is 0 Å². The SMILES string of the molecule is C=C[C@@H]1[C@@H](C=C)OC(=O)N1S(=O)(=O)c1ccc(C)cc1. The Bertz CT molecular complexity index is 648. The Morgan fingerprint density at radius 2 is 1.80 bits per heavy atom. The van der Waals surface area contributed by atoms with E-state index < -0.39 is 28.3 Å². The maximum Gasteiger partial charge on any atom is 0.425 e. The summed E-state index contributed by atoms with van der Waals surface area (Å²) in [4.78, 5) is 11.9. The molecule has 6 heteroatoms. The quantitative estimate of drug-likeness (QED) is 0.799. The van der Waals surface area contributed by atoms with Gasteiger partial charge in [0, 0.05) is 0 Å². The van der Waals surface area contributed by atoms with Crippen LogP contribution < -0.4 is 0 Å². The van der Waals surface area contributed by atoms with Crippen LogP contribution in [-0.2, 0) is 14.8 Å². The van der Waals surface area contributed by atoms with Crippen molar-refractivity contribution in [1.82, 2.24) is 4.31 Å². The second-order valence-electron chi connectivity index (χ2n) is 4.42. The van der Waals surface area contributed by atoms with Crippen LogP contribution in [0.25, 0.3) is 0 Å². The molecular weight excluding hydrogens is 278 g/mol. The van der Waals surface area contributed by atoms with Gasteiger partial charge in [0.25, 0.3) is 10.0 Å². The van der Waals surface area contributed by atoms with Crippen LogP contribution in [0.3, 0.4) is 0 Å². The van der Waals surface area contributed by atoms with Gasteiger partial charge in [0.15, 0.2) is 0 Å². The lowest BCUT2D eigenvalue weighted by Gasteiger charge is -2.20. The fourth-order valence-electron chi connectivity index (χ4n) is 1.99. The van der Waals surface area contributed by atoms with Crippen molar-refractivity contribution in [1.29, 1.82) is 0 Å². The molecule has 1 saturated heterocycles. The second kappa shape index (κ2) is 5.13. The van der Waals surface area contributed by atoms with Gasteiger partial charge in [-0.3, -0.25) is 0 Å². The molecule has 1 aromatic carbocycles. The highest BCUT2D eigenvalue weighted by atomic mass is 32.2. The summed E-state index contributed by atoms with van der Waals surface area (Å²) in [6.45, 7) is 8.94. The minimum absolute atomic E-state index is 0.0385. The third kappa shape index (κ3) is 2.22. The largest absolute Gasteiger partial charge is 0.439 e. The maximum atomic E-state index is 12.5. The van der Waals surface area contributed by atoms with Gasteiger partial charge in [-0.15, -0.1) is 6.58 Å². The van der Waals surface area contributed by atoms with Gasteiger partial charge >= 0.3 is 6.09 Å². The molecule has 1 aromatic rings. The first-order valence-electron chi connectivity index (χ1n) is 5.98. The zero-order valence-corrected chi connectivity index (χ0v) is 11.8. The Morgan fingerprint density at radius 1 is 1.20 bits per heavy atom. The molecule has 5 nitrogen and oxygen atoms in total. The summed E-state index contributed by atoms with van der Waals surface area (Å²) in [5, 5.41) is 0. The average Bonchev–Trinajstić information content (AvgIpc) is 2.75. The molecule has 0 saturated carbocycles. The van der Waals surface area contributed by atoms with E-state index in [4.69, 9.17) is 4.74 Å². The van der Waals surface area contributed by atoms with E-state index in [2.05, 4.69) is 13.2 Å². The van der Waals surface area contributed by atoms with Crippen molar-refractivity contribution in [3.8, 4) is 0 Å². The number of amides is 1. The zero-order chi connectivity index (χ0) is 14.9. The maximum absolute atomic E-state index is 12.5. The summed E-state index contributed by atoms with van der Waals surface area (Å²) in [7, 11) is -3.97. The highest BCUT2D eigenvalue weighted by Crippen LogP contribution is 2.28. The summed E-state index contributed by atoms with van der Waals surface area (Å²) in [5.74, 6) is 0. The van der Waals surface area contributed by atoms with Crippen LogP contribution in [0.4, 0.5) is 4.79 Å². The number of ether oxygens (including phenoxy) is 1. The predicted molar refractivity (Wildman–Crippen MR) is 74.7 cm³/mol. The molecule has 106 valence electrons. The number of benzene rings is 1. The van der Waals surface area contributed by atoms with Gasteiger partial charge in [-0.2, -0.15) is 4.31 Å². The van der Waals surface area contributed by atoms with E-state index in [-0.39, 0.29) is 4.90 Å². The van der Waals surface area contributed by atoms with Crippen LogP contribution in [-0.4, -0.2) is 31.0 Å². The Hall–Kier alpha value is -2.08. The summed E-state index contributed by atoms with van der Waals surface area (Å²) in [6, 6.07) is 5.47. The van der Waals surface area contributed by atoms with Crippen molar-refractivity contribution in [2.75, 3.05) is 0 Å². The van der Waals surface area contributed by atoms with E-state index in [1.807, 2.05) is 6.92 Å². The molecule has 1 aliphatic heterocycles. The molecular formula is C14H15NO4S. The number of nitrogens with zero attached hydrogens (tertiary/aromatic N) is 1. The minimum Gasteiger partial charge on any atom is -0.439 e. The molecule has 0 N–H and O–H groups in total. The van der Waals surface area contributed by atoms with Crippen LogP contribution >= 0.6 is 0 Å². The molecule has 2 atom stereocenters. The molecule has 1 amide bonds. The van der Waals surface area contributed by atoms with E-state index in [1.165, 1.54) is 24.3 Å². The molecule has 0 aromatic heterocycles. The van der Waals surface area contributed by atoms with Crippen molar-refractivity contribution in [2.24, 2.45) is 0 Å². The molecule has 0 spiro atoms. The number of aryl methyl sites for hydroxylation is 1. The van der Waals surface area contributed by atoms with Crippen molar-refractivity contribution in [3.05, 3.63) is 55.1 Å². The third-order valence-corrected chi connectivity index (χ3v) is 4.85. The highest BCUT2D eigenvalue weighted by molar-refractivity contribution is 7.89. The van der Waals surface area contributed by atoms with Crippen molar-refractivity contribution in [2.45, 2.75) is 24.0 Å². The standard InChI is InChI=1S/C14H15NO4S/c1-4-12-13(5-2)19-14(16)15(12)20(17,18)11-8-6-10(3)7-9-11/h4-9,12-13H,1-2H2,3H3/t12-,13-/m1/s1. The molecule has 2 rings (SSSR count). The van der Waals surface area contributed by atoms with Gasteiger partial charge in [-0.05, 0) is 25.1 Å². The number of carbonyl (C=O) groups is 1. The van der Waals surface area contributed by atoms with Crippen LogP contribution in [0, 0.1) is 6.92 Å². The Kier molecular flexibility index (Phi) is 3.67. The van der Waals surface area contributed by atoms with Gasteiger partial charge in [-0.1, -0.05) is 30.4 Å². The molecule has 20 heavy (non-hydrogen) atoms. The molecule has 1 aliphatic rings. The van der Waals surface area contributed by atoms with E-state index in [0.717, 1.165) is 5.56 Å². The fraction of sp³-hybridized carbons (Fsp3) is 0.214. The molecule has 0 bridgehead atoms. The first-order chi connectivity index (χ1) is 9.41. The lowest BCUT2D eigenvalue weighted by Crippen LogP contribution is -2.39. The number of rotatable bonds is 4. The molecule has 0 unspecified atom stereocenters.